The average Bonchev–Trinajstić information content (AvgIpc) is 2.67. The predicted molar refractivity (Wildman–Crippen MR) is 60.7 cm³/mol. The molecule has 1 rings (SSSR count). The smallest absolute Gasteiger partial charge is 0.327 e. The molecule has 0 radical (unpaired) electrons. The first-order valence-electron chi connectivity index (χ1n) is 5.49. The number of carbonyl (C=O) groups excluding carboxylic acids is 2. The van der Waals surface area contributed by atoms with Crippen molar-refractivity contribution in [2.24, 2.45) is 5.73 Å². The van der Waals surface area contributed by atoms with Gasteiger partial charge in [-0.15, -0.1) is 5.10 Å². The van der Waals surface area contributed by atoms with E-state index in [1.54, 1.807) is 6.92 Å². The van der Waals surface area contributed by atoms with Gasteiger partial charge in [0.15, 0.2) is 5.69 Å². The van der Waals surface area contributed by atoms with Gasteiger partial charge in [0, 0.05) is 6.61 Å². The number of rotatable bonds is 7. The van der Waals surface area contributed by atoms with Gasteiger partial charge in [-0.05, 0) is 13.8 Å². The van der Waals surface area contributed by atoms with Gasteiger partial charge in [-0.1, -0.05) is 5.21 Å². The number of amides is 1. The van der Waals surface area contributed by atoms with E-state index in [1.165, 1.54) is 4.68 Å². The van der Waals surface area contributed by atoms with Crippen molar-refractivity contribution in [1.29, 1.82) is 0 Å². The highest BCUT2D eigenvalue weighted by Gasteiger charge is 2.15. The molecule has 0 unspecified atom stereocenters. The highest BCUT2D eigenvalue weighted by atomic mass is 16.6. The van der Waals surface area contributed by atoms with Gasteiger partial charge in [-0.25, -0.2) is 4.68 Å². The zero-order valence-corrected chi connectivity index (χ0v) is 10.4. The van der Waals surface area contributed by atoms with Crippen molar-refractivity contribution in [2.75, 3.05) is 19.8 Å². The zero-order chi connectivity index (χ0) is 13.5. The van der Waals surface area contributed by atoms with Crippen LogP contribution in [0.3, 0.4) is 0 Å². The molecule has 18 heavy (non-hydrogen) atoms. The molecule has 1 amide bonds. The van der Waals surface area contributed by atoms with E-state index in [2.05, 4.69) is 10.3 Å². The highest BCUT2D eigenvalue weighted by Crippen LogP contribution is 2.02. The van der Waals surface area contributed by atoms with Crippen LogP contribution in [0.5, 0.6) is 0 Å². The maximum absolute atomic E-state index is 11.4. The first-order valence-corrected chi connectivity index (χ1v) is 5.49. The second-order valence-electron chi connectivity index (χ2n) is 3.46. The Hall–Kier alpha value is -1.96. The first-order chi connectivity index (χ1) is 8.56. The third-order valence-corrected chi connectivity index (χ3v) is 2.19. The second-order valence-corrected chi connectivity index (χ2v) is 3.46. The van der Waals surface area contributed by atoms with Crippen molar-refractivity contribution in [3.8, 4) is 0 Å². The number of aromatic nitrogens is 3. The minimum atomic E-state index is -0.677. The molecule has 0 aliphatic carbocycles. The first kappa shape index (κ1) is 14.1. The Morgan fingerprint density at radius 1 is 1.39 bits per heavy atom. The van der Waals surface area contributed by atoms with Gasteiger partial charge in [-0.3, -0.25) is 9.59 Å². The minimum absolute atomic E-state index is 0.0529. The van der Waals surface area contributed by atoms with E-state index >= 15 is 0 Å². The van der Waals surface area contributed by atoms with Crippen molar-refractivity contribution in [3.05, 3.63) is 11.4 Å². The molecule has 0 fully saturated rings. The normalized spacial score (nSPS) is 10.3. The van der Waals surface area contributed by atoms with E-state index in [1.807, 2.05) is 6.92 Å². The van der Waals surface area contributed by atoms with Crippen LogP contribution in [0, 0.1) is 6.92 Å². The molecule has 0 spiro atoms. The standard InChI is InChI=1S/C10H16N4O4/c1-3-17-4-5-18-8(15)6-14-7(2)9(10(11)16)12-13-14/h3-6H2,1-2H3,(H2,11,16). The van der Waals surface area contributed by atoms with Gasteiger partial charge >= 0.3 is 5.97 Å². The number of nitrogens with zero attached hydrogens (tertiary/aromatic N) is 3. The topological polar surface area (TPSA) is 109 Å². The molecule has 1 aromatic heterocycles. The summed E-state index contributed by atoms with van der Waals surface area (Å²) in [5.41, 5.74) is 5.57. The van der Waals surface area contributed by atoms with Crippen LogP contribution in [-0.2, 0) is 20.8 Å². The summed E-state index contributed by atoms with van der Waals surface area (Å²) in [5, 5.41) is 7.24. The molecule has 8 heteroatoms. The number of carbonyl (C=O) groups is 2. The van der Waals surface area contributed by atoms with Crippen LogP contribution in [0.25, 0.3) is 0 Å². The molecular weight excluding hydrogens is 240 g/mol. The molecule has 1 aromatic rings. The molecule has 0 saturated heterocycles. The van der Waals surface area contributed by atoms with Gasteiger partial charge in [-0.2, -0.15) is 0 Å². The average molecular weight is 256 g/mol. The number of esters is 1. The van der Waals surface area contributed by atoms with Crippen LogP contribution in [0.4, 0.5) is 0 Å². The molecular formula is C10H16N4O4. The third-order valence-electron chi connectivity index (χ3n) is 2.19. The molecule has 0 aromatic carbocycles. The molecule has 0 aliphatic heterocycles. The zero-order valence-electron chi connectivity index (χ0n) is 10.4. The third kappa shape index (κ3) is 3.81. The van der Waals surface area contributed by atoms with Crippen molar-refractivity contribution in [3.63, 3.8) is 0 Å². The minimum Gasteiger partial charge on any atom is -0.462 e. The van der Waals surface area contributed by atoms with Crippen LogP contribution in [0.15, 0.2) is 0 Å². The molecule has 100 valence electrons. The Morgan fingerprint density at radius 2 is 2.11 bits per heavy atom. The van der Waals surface area contributed by atoms with Gasteiger partial charge in [0.25, 0.3) is 5.91 Å². The largest absolute Gasteiger partial charge is 0.462 e. The Morgan fingerprint density at radius 3 is 2.67 bits per heavy atom. The van der Waals surface area contributed by atoms with Gasteiger partial charge in [0.2, 0.25) is 0 Å². The number of primary amides is 1. The quantitative estimate of drug-likeness (QED) is 0.508. The molecule has 0 saturated carbocycles. The van der Waals surface area contributed by atoms with Crippen LogP contribution in [-0.4, -0.2) is 46.7 Å². The van der Waals surface area contributed by atoms with E-state index in [9.17, 15) is 9.59 Å². The molecule has 8 nitrogen and oxygen atoms in total. The van der Waals surface area contributed by atoms with E-state index in [0.717, 1.165) is 0 Å². The van der Waals surface area contributed by atoms with Crippen LogP contribution in [0.2, 0.25) is 0 Å². The molecule has 0 atom stereocenters. The fraction of sp³-hybridized carbons (Fsp3) is 0.600. The van der Waals surface area contributed by atoms with Gasteiger partial charge < -0.3 is 15.2 Å². The highest BCUT2D eigenvalue weighted by molar-refractivity contribution is 5.91. The number of nitrogens with two attached hydrogens (primary N) is 1. The van der Waals surface area contributed by atoms with Crippen LogP contribution >= 0.6 is 0 Å². The fourth-order valence-corrected chi connectivity index (χ4v) is 1.26. The lowest BCUT2D eigenvalue weighted by atomic mass is 10.3. The fourth-order valence-electron chi connectivity index (χ4n) is 1.26. The lowest BCUT2D eigenvalue weighted by Gasteiger charge is -2.05. The number of hydrogen-bond acceptors (Lipinski definition) is 6. The van der Waals surface area contributed by atoms with E-state index in [4.69, 9.17) is 15.2 Å². The second kappa shape index (κ2) is 6.70. The predicted octanol–water partition coefficient (Wildman–Crippen LogP) is -0.735. The van der Waals surface area contributed by atoms with E-state index in [0.29, 0.717) is 18.9 Å². The van der Waals surface area contributed by atoms with Crippen molar-refractivity contribution < 1.29 is 19.1 Å². The van der Waals surface area contributed by atoms with E-state index < -0.39 is 11.9 Å². The summed E-state index contributed by atoms with van der Waals surface area (Å²) in [6, 6.07) is 0. The van der Waals surface area contributed by atoms with Crippen molar-refractivity contribution >= 4 is 11.9 Å². The number of hydrogen-bond donors (Lipinski definition) is 1. The van der Waals surface area contributed by atoms with Crippen molar-refractivity contribution in [2.45, 2.75) is 20.4 Å². The lowest BCUT2D eigenvalue weighted by Crippen LogP contribution is -2.19. The molecule has 0 bridgehead atoms. The summed E-state index contributed by atoms with van der Waals surface area (Å²) in [4.78, 5) is 22.4. The summed E-state index contributed by atoms with van der Waals surface area (Å²) >= 11 is 0. The van der Waals surface area contributed by atoms with Crippen molar-refractivity contribution in [1.82, 2.24) is 15.0 Å². The monoisotopic (exact) mass is 256 g/mol. The Bertz CT molecular complexity index is 430. The SMILES string of the molecule is CCOCCOC(=O)Cn1nnc(C(N)=O)c1C. The summed E-state index contributed by atoms with van der Waals surface area (Å²) in [7, 11) is 0. The Labute approximate surface area is 104 Å². The summed E-state index contributed by atoms with van der Waals surface area (Å²) in [6.07, 6.45) is 0. The van der Waals surface area contributed by atoms with E-state index in [-0.39, 0.29) is 18.8 Å². The number of ether oxygens (including phenoxy) is 2. The molecule has 0 aliphatic rings. The van der Waals surface area contributed by atoms with Crippen LogP contribution in [0.1, 0.15) is 23.1 Å². The lowest BCUT2D eigenvalue weighted by molar-refractivity contribution is -0.146. The Kier molecular flexibility index (Phi) is 5.25. The van der Waals surface area contributed by atoms with Crippen LogP contribution < -0.4 is 5.73 Å². The molecule has 1 heterocycles. The maximum atomic E-state index is 11.4. The van der Waals surface area contributed by atoms with Gasteiger partial charge in [0.05, 0.1) is 12.3 Å². The Balaban J connectivity index is 2.47. The molecule has 2 N–H and O–H groups in total. The summed E-state index contributed by atoms with van der Waals surface area (Å²) < 4.78 is 11.2. The van der Waals surface area contributed by atoms with Gasteiger partial charge in [0.1, 0.15) is 13.2 Å². The summed E-state index contributed by atoms with van der Waals surface area (Å²) in [6.45, 7) is 4.45. The maximum Gasteiger partial charge on any atom is 0.327 e. The summed E-state index contributed by atoms with van der Waals surface area (Å²) in [5.74, 6) is -1.15.